The Morgan fingerprint density at radius 1 is 1.35 bits per heavy atom. The highest BCUT2D eigenvalue weighted by atomic mass is 35.5. The molecule has 0 saturated carbocycles. The summed E-state index contributed by atoms with van der Waals surface area (Å²) in [5.74, 6) is 0.901. The molecule has 0 unspecified atom stereocenters. The third-order valence-corrected chi connectivity index (χ3v) is 3.69. The lowest BCUT2D eigenvalue weighted by atomic mass is 10.1. The van der Waals surface area contributed by atoms with Crippen molar-refractivity contribution in [1.29, 1.82) is 0 Å². The number of hydrogen-bond donors (Lipinski definition) is 1. The SMILES string of the molecule is CNCc1cc(OCc2cc(Cl)ccc2F)n(CCC(C)C)n1. The van der Waals surface area contributed by atoms with Crippen LogP contribution in [0.3, 0.4) is 0 Å². The van der Waals surface area contributed by atoms with E-state index < -0.39 is 0 Å². The van der Waals surface area contributed by atoms with Crippen molar-refractivity contribution in [3.63, 3.8) is 0 Å². The molecule has 1 N–H and O–H groups in total. The fourth-order valence-electron chi connectivity index (χ4n) is 2.18. The van der Waals surface area contributed by atoms with Gasteiger partial charge in [-0.2, -0.15) is 5.10 Å². The Hall–Kier alpha value is -1.59. The largest absolute Gasteiger partial charge is 0.473 e. The predicted octanol–water partition coefficient (Wildman–Crippen LogP) is 4.02. The average molecular weight is 340 g/mol. The zero-order valence-electron chi connectivity index (χ0n) is 13.8. The van der Waals surface area contributed by atoms with Gasteiger partial charge in [-0.3, -0.25) is 0 Å². The standard InChI is InChI=1S/C17H23ClFN3O/c1-12(2)6-7-22-17(9-15(21-22)10-20-3)23-11-13-8-14(18)4-5-16(13)19/h4-5,8-9,12,20H,6-7,10-11H2,1-3H3. The summed E-state index contributed by atoms with van der Waals surface area (Å²) in [4.78, 5) is 0. The number of benzene rings is 1. The van der Waals surface area contributed by atoms with Gasteiger partial charge in [0.2, 0.25) is 5.88 Å². The van der Waals surface area contributed by atoms with Crippen LogP contribution in [-0.2, 0) is 19.7 Å². The number of ether oxygens (including phenoxy) is 1. The first-order valence-corrected chi connectivity index (χ1v) is 8.15. The maximum atomic E-state index is 13.8. The van der Waals surface area contributed by atoms with E-state index >= 15 is 0 Å². The fourth-order valence-corrected chi connectivity index (χ4v) is 2.37. The topological polar surface area (TPSA) is 39.1 Å². The second-order valence-electron chi connectivity index (χ2n) is 5.93. The van der Waals surface area contributed by atoms with Crippen molar-refractivity contribution in [1.82, 2.24) is 15.1 Å². The molecular weight excluding hydrogens is 317 g/mol. The Morgan fingerprint density at radius 2 is 2.13 bits per heavy atom. The number of nitrogens with zero attached hydrogens (tertiary/aromatic N) is 2. The third-order valence-electron chi connectivity index (χ3n) is 3.45. The van der Waals surface area contributed by atoms with Gasteiger partial charge in [-0.25, -0.2) is 9.07 Å². The number of aryl methyl sites for hydroxylation is 1. The molecule has 0 aliphatic rings. The highest BCUT2D eigenvalue weighted by Gasteiger charge is 2.11. The average Bonchev–Trinajstić information content (AvgIpc) is 2.88. The molecule has 2 aromatic rings. The molecule has 0 spiro atoms. The lowest BCUT2D eigenvalue weighted by Crippen LogP contribution is -2.09. The lowest BCUT2D eigenvalue weighted by Gasteiger charge is -2.11. The second-order valence-corrected chi connectivity index (χ2v) is 6.37. The Kier molecular flexibility index (Phi) is 6.42. The van der Waals surface area contributed by atoms with Crippen molar-refractivity contribution in [2.24, 2.45) is 5.92 Å². The first-order valence-electron chi connectivity index (χ1n) is 7.77. The number of halogens is 2. The van der Waals surface area contributed by atoms with Crippen LogP contribution in [0.1, 0.15) is 31.5 Å². The molecule has 0 fully saturated rings. The van der Waals surface area contributed by atoms with Crippen LogP contribution < -0.4 is 10.1 Å². The summed E-state index contributed by atoms with van der Waals surface area (Å²) in [7, 11) is 1.87. The van der Waals surface area contributed by atoms with Gasteiger partial charge in [0, 0.05) is 29.7 Å². The van der Waals surface area contributed by atoms with Crippen LogP contribution in [0.25, 0.3) is 0 Å². The van der Waals surface area contributed by atoms with Crippen molar-refractivity contribution in [3.05, 3.63) is 46.4 Å². The Bertz CT molecular complexity index is 643. The summed E-state index contributed by atoms with van der Waals surface area (Å²) in [5, 5.41) is 8.10. The van der Waals surface area contributed by atoms with E-state index in [9.17, 15) is 4.39 Å². The highest BCUT2D eigenvalue weighted by Crippen LogP contribution is 2.20. The monoisotopic (exact) mass is 339 g/mol. The van der Waals surface area contributed by atoms with Crippen LogP contribution >= 0.6 is 11.6 Å². The van der Waals surface area contributed by atoms with Gasteiger partial charge in [-0.1, -0.05) is 25.4 Å². The van der Waals surface area contributed by atoms with Gasteiger partial charge in [-0.15, -0.1) is 0 Å². The van der Waals surface area contributed by atoms with Crippen LogP contribution in [0.2, 0.25) is 5.02 Å². The first-order chi connectivity index (χ1) is 11.0. The van der Waals surface area contributed by atoms with E-state index in [0.29, 0.717) is 28.9 Å². The smallest absolute Gasteiger partial charge is 0.212 e. The van der Waals surface area contributed by atoms with Crippen molar-refractivity contribution in [3.8, 4) is 5.88 Å². The van der Waals surface area contributed by atoms with Crippen LogP contribution in [0.15, 0.2) is 24.3 Å². The maximum absolute atomic E-state index is 13.8. The summed E-state index contributed by atoms with van der Waals surface area (Å²) in [6, 6.07) is 6.35. The molecule has 0 radical (unpaired) electrons. The summed E-state index contributed by atoms with van der Waals surface area (Å²) in [6.07, 6.45) is 1.00. The second kappa shape index (κ2) is 8.31. The normalized spacial score (nSPS) is 11.2. The van der Waals surface area contributed by atoms with Gasteiger partial charge < -0.3 is 10.1 Å². The molecule has 126 valence electrons. The van der Waals surface area contributed by atoms with Crippen LogP contribution in [0, 0.1) is 11.7 Å². The quantitative estimate of drug-likeness (QED) is 0.789. The summed E-state index contributed by atoms with van der Waals surface area (Å²) < 4.78 is 21.4. The molecule has 1 aromatic heterocycles. The molecule has 0 saturated heterocycles. The maximum Gasteiger partial charge on any atom is 0.212 e. The van der Waals surface area contributed by atoms with Crippen LogP contribution in [0.5, 0.6) is 5.88 Å². The number of aromatic nitrogens is 2. The molecule has 0 aliphatic carbocycles. The molecule has 0 aliphatic heterocycles. The Morgan fingerprint density at radius 3 is 2.83 bits per heavy atom. The van der Waals surface area contributed by atoms with E-state index in [-0.39, 0.29) is 12.4 Å². The minimum absolute atomic E-state index is 0.124. The van der Waals surface area contributed by atoms with E-state index in [1.54, 1.807) is 6.07 Å². The van der Waals surface area contributed by atoms with Crippen molar-refractivity contribution in [2.45, 2.75) is 40.0 Å². The summed E-state index contributed by atoms with van der Waals surface area (Å²) in [6.45, 7) is 5.89. The van der Waals surface area contributed by atoms with E-state index in [1.165, 1.54) is 12.1 Å². The van der Waals surface area contributed by atoms with Crippen molar-refractivity contribution in [2.75, 3.05) is 7.05 Å². The highest BCUT2D eigenvalue weighted by molar-refractivity contribution is 6.30. The zero-order valence-corrected chi connectivity index (χ0v) is 14.5. The molecule has 0 amide bonds. The molecule has 1 aromatic carbocycles. The molecule has 4 nitrogen and oxygen atoms in total. The van der Waals surface area contributed by atoms with E-state index in [1.807, 2.05) is 17.8 Å². The number of rotatable bonds is 8. The van der Waals surface area contributed by atoms with E-state index in [0.717, 1.165) is 18.7 Å². The minimum Gasteiger partial charge on any atom is -0.473 e. The number of nitrogens with one attached hydrogen (secondary N) is 1. The summed E-state index contributed by atoms with van der Waals surface area (Å²) >= 11 is 5.91. The Balaban J connectivity index is 2.11. The van der Waals surface area contributed by atoms with Crippen LogP contribution in [-0.4, -0.2) is 16.8 Å². The molecule has 6 heteroatoms. The predicted molar refractivity (Wildman–Crippen MR) is 90.2 cm³/mol. The molecular formula is C17H23ClFN3O. The van der Waals surface area contributed by atoms with Crippen molar-refractivity contribution < 1.29 is 9.13 Å². The van der Waals surface area contributed by atoms with Crippen molar-refractivity contribution >= 4 is 11.6 Å². The summed E-state index contributed by atoms with van der Waals surface area (Å²) in [5.41, 5.74) is 1.34. The van der Waals surface area contributed by atoms with Gasteiger partial charge in [0.05, 0.1) is 5.69 Å². The lowest BCUT2D eigenvalue weighted by molar-refractivity contribution is 0.264. The third kappa shape index (κ3) is 5.22. The van der Waals surface area contributed by atoms with E-state index in [4.69, 9.17) is 16.3 Å². The van der Waals surface area contributed by atoms with Crippen LogP contribution in [0.4, 0.5) is 4.39 Å². The zero-order chi connectivity index (χ0) is 16.8. The number of hydrogen-bond acceptors (Lipinski definition) is 3. The van der Waals surface area contributed by atoms with Gasteiger partial charge >= 0.3 is 0 Å². The minimum atomic E-state index is -0.321. The molecule has 2 rings (SSSR count). The molecule has 0 atom stereocenters. The van der Waals surface area contributed by atoms with Gasteiger partial charge in [-0.05, 0) is 37.6 Å². The van der Waals surface area contributed by atoms with Gasteiger partial charge in [0.15, 0.2) is 0 Å². The molecule has 1 heterocycles. The van der Waals surface area contributed by atoms with Gasteiger partial charge in [0.25, 0.3) is 0 Å². The molecule has 0 bridgehead atoms. The Labute approximate surface area is 141 Å². The fraction of sp³-hybridized carbons (Fsp3) is 0.471. The van der Waals surface area contributed by atoms with E-state index in [2.05, 4.69) is 24.3 Å². The van der Waals surface area contributed by atoms with Gasteiger partial charge in [0.1, 0.15) is 12.4 Å². The first kappa shape index (κ1) is 17.8. The molecule has 23 heavy (non-hydrogen) atoms.